The van der Waals surface area contributed by atoms with E-state index in [9.17, 15) is 9.59 Å². The highest BCUT2D eigenvalue weighted by atomic mass is 16.4. The van der Waals surface area contributed by atoms with E-state index in [1.807, 2.05) is 18.3 Å². The van der Waals surface area contributed by atoms with Crippen LogP contribution in [-0.2, 0) is 4.79 Å². The number of aliphatic carboxylic acids is 1. The Bertz CT molecular complexity index is 561. The number of hydrogen-bond donors (Lipinski definition) is 3. The molecule has 1 heterocycles. The average molecular weight is 317 g/mol. The van der Waals surface area contributed by atoms with Gasteiger partial charge in [0.05, 0.1) is 5.92 Å². The lowest BCUT2D eigenvalue weighted by Gasteiger charge is -2.27. The Morgan fingerprint density at radius 1 is 1.09 bits per heavy atom. The van der Waals surface area contributed by atoms with E-state index in [2.05, 4.69) is 15.6 Å². The van der Waals surface area contributed by atoms with Gasteiger partial charge in [0.15, 0.2) is 0 Å². The topological polar surface area (TPSA) is 91.3 Å². The van der Waals surface area contributed by atoms with Crippen LogP contribution in [0.4, 0.5) is 10.6 Å². The molecule has 0 spiro atoms. The third-order valence-electron chi connectivity index (χ3n) is 5.02. The predicted molar refractivity (Wildman–Crippen MR) is 86.4 cm³/mol. The van der Waals surface area contributed by atoms with Crippen LogP contribution in [0.5, 0.6) is 0 Å². The smallest absolute Gasteiger partial charge is 0.320 e. The van der Waals surface area contributed by atoms with Gasteiger partial charge in [0.1, 0.15) is 5.82 Å². The number of carbonyl (C=O) groups is 2. The highest BCUT2D eigenvalue weighted by Crippen LogP contribution is 2.36. The fourth-order valence-electron chi connectivity index (χ4n) is 3.28. The van der Waals surface area contributed by atoms with Gasteiger partial charge in [-0.1, -0.05) is 12.5 Å². The molecule has 3 rings (SSSR count). The monoisotopic (exact) mass is 317 g/mol. The highest BCUT2D eigenvalue weighted by Gasteiger charge is 2.26. The summed E-state index contributed by atoms with van der Waals surface area (Å²) in [6.07, 6.45) is 8.25. The van der Waals surface area contributed by atoms with Crippen molar-refractivity contribution in [3.05, 3.63) is 23.9 Å². The minimum atomic E-state index is -0.733. The number of carboxylic acids is 1. The normalized spacial score (nSPS) is 24.5. The van der Waals surface area contributed by atoms with Crippen molar-refractivity contribution < 1.29 is 14.7 Å². The lowest BCUT2D eigenvalue weighted by atomic mass is 9.81. The number of urea groups is 1. The number of amides is 2. The number of nitrogens with zero attached hydrogens (tertiary/aromatic N) is 1. The Morgan fingerprint density at radius 3 is 2.35 bits per heavy atom. The summed E-state index contributed by atoms with van der Waals surface area (Å²) < 4.78 is 0. The maximum Gasteiger partial charge on any atom is 0.320 e. The van der Waals surface area contributed by atoms with E-state index in [0.717, 1.165) is 0 Å². The quantitative estimate of drug-likeness (QED) is 0.795. The van der Waals surface area contributed by atoms with Crippen molar-refractivity contribution >= 4 is 17.8 Å². The number of carbonyl (C=O) groups excluding carboxylic acids is 1. The van der Waals surface area contributed by atoms with Gasteiger partial charge in [0.25, 0.3) is 0 Å². The van der Waals surface area contributed by atoms with E-state index in [1.54, 1.807) is 0 Å². The molecular weight excluding hydrogens is 294 g/mol. The molecule has 0 aliphatic heterocycles. The summed E-state index contributed by atoms with van der Waals surface area (Å²) in [5, 5.41) is 14.6. The van der Waals surface area contributed by atoms with Gasteiger partial charge in [-0.05, 0) is 56.1 Å². The van der Waals surface area contributed by atoms with E-state index >= 15 is 0 Å². The summed E-state index contributed by atoms with van der Waals surface area (Å²) >= 11 is 0. The second-order valence-electron chi connectivity index (χ2n) is 6.59. The molecule has 0 unspecified atom stereocenters. The first-order valence-electron chi connectivity index (χ1n) is 8.38. The van der Waals surface area contributed by atoms with Crippen molar-refractivity contribution in [1.29, 1.82) is 0 Å². The third kappa shape index (κ3) is 4.00. The zero-order valence-electron chi connectivity index (χ0n) is 13.1. The van der Waals surface area contributed by atoms with Crippen molar-refractivity contribution in [2.75, 3.05) is 5.32 Å². The zero-order valence-corrected chi connectivity index (χ0v) is 13.1. The van der Waals surface area contributed by atoms with Crippen LogP contribution in [-0.4, -0.2) is 28.1 Å². The lowest BCUT2D eigenvalue weighted by molar-refractivity contribution is -0.142. The molecule has 23 heavy (non-hydrogen) atoms. The van der Waals surface area contributed by atoms with Crippen molar-refractivity contribution in [3.63, 3.8) is 0 Å². The first-order valence-corrected chi connectivity index (χ1v) is 8.38. The van der Waals surface area contributed by atoms with Gasteiger partial charge in [0, 0.05) is 12.2 Å². The van der Waals surface area contributed by atoms with Gasteiger partial charge in [-0.3, -0.25) is 10.1 Å². The molecule has 0 aromatic carbocycles. The van der Waals surface area contributed by atoms with Gasteiger partial charge in [-0.15, -0.1) is 0 Å². The third-order valence-corrected chi connectivity index (χ3v) is 5.02. The zero-order chi connectivity index (χ0) is 16.2. The molecule has 0 saturated heterocycles. The number of pyridine rings is 1. The molecule has 0 bridgehead atoms. The second kappa shape index (κ2) is 6.98. The van der Waals surface area contributed by atoms with Crippen LogP contribution >= 0.6 is 0 Å². The molecule has 2 fully saturated rings. The first-order chi connectivity index (χ1) is 11.1. The summed E-state index contributed by atoms with van der Waals surface area (Å²) in [7, 11) is 0. The molecule has 3 N–H and O–H groups in total. The molecule has 2 aliphatic rings. The van der Waals surface area contributed by atoms with Crippen LogP contribution in [0.3, 0.4) is 0 Å². The van der Waals surface area contributed by atoms with E-state index < -0.39 is 5.97 Å². The van der Waals surface area contributed by atoms with Crippen molar-refractivity contribution in [2.24, 2.45) is 5.92 Å². The summed E-state index contributed by atoms with van der Waals surface area (Å²) in [5.74, 6) is 0.181. The summed E-state index contributed by atoms with van der Waals surface area (Å²) in [4.78, 5) is 27.2. The van der Waals surface area contributed by atoms with Gasteiger partial charge >= 0.3 is 12.0 Å². The van der Waals surface area contributed by atoms with E-state index in [1.165, 1.54) is 24.8 Å². The Labute approximate surface area is 135 Å². The predicted octanol–water partition coefficient (Wildman–Crippen LogP) is 3.11. The molecule has 1 aromatic heterocycles. The molecule has 0 atom stereocenters. The minimum Gasteiger partial charge on any atom is -0.481 e. The van der Waals surface area contributed by atoms with Gasteiger partial charge in [0.2, 0.25) is 0 Å². The molecule has 2 amide bonds. The average Bonchev–Trinajstić information content (AvgIpc) is 2.48. The molecular formula is C17H23N3O3. The van der Waals surface area contributed by atoms with Crippen LogP contribution in [0.2, 0.25) is 0 Å². The van der Waals surface area contributed by atoms with Gasteiger partial charge in [-0.2, -0.15) is 0 Å². The largest absolute Gasteiger partial charge is 0.481 e. The molecule has 6 heteroatoms. The van der Waals surface area contributed by atoms with Crippen molar-refractivity contribution in [2.45, 2.75) is 56.9 Å². The van der Waals surface area contributed by atoms with Crippen molar-refractivity contribution in [3.8, 4) is 0 Å². The fourth-order valence-corrected chi connectivity index (χ4v) is 3.28. The van der Waals surface area contributed by atoms with Crippen LogP contribution in [0.1, 0.15) is 56.4 Å². The molecule has 124 valence electrons. The summed E-state index contributed by atoms with van der Waals surface area (Å²) in [6.45, 7) is 0. The van der Waals surface area contributed by atoms with Crippen LogP contribution in [0.25, 0.3) is 0 Å². The first kappa shape index (κ1) is 15.8. The fraction of sp³-hybridized carbons (Fsp3) is 0.588. The minimum absolute atomic E-state index is 0.0415. The van der Waals surface area contributed by atoms with Gasteiger partial charge < -0.3 is 10.4 Å². The molecule has 1 aromatic rings. The number of hydrogen-bond acceptors (Lipinski definition) is 3. The number of rotatable bonds is 4. The molecule has 2 aliphatic carbocycles. The Balaban J connectivity index is 1.45. The standard InChI is InChI=1S/C17H23N3O3/c21-16(22)12-4-7-14(8-5-12)19-17(23)20-15-9-6-13(10-18-15)11-2-1-3-11/h6,9-12,14H,1-5,7-8H2,(H,21,22)(H2,18,19,20,23). The maximum absolute atomic E-state index is 12.0. The van der Waals surface area contributed by atoms with E-state index in [-0.39, 0.29) is 18.0 Å². The number of aromatic nitrogens is 1. The highest BCUT2D eigenvalue weighted by molar-refractivity contribution is 5.88. The van der Waals surface area contributed by atoms with Gasteiger partial charge in [-0.25, -0.2) is 9.78 Å². The van der Waals surface area contributed by atoms with Crippen LogP contribution < -0.4 is 10.6 Å². The second-order valence-corrected chi connectivity index (χ2v) is 6.59. The van der Waals surface area contributed by atoms with E-state index in [4.69, 9.17) is 5.11 Å². The summed E-state index contributed by atoms with van der Waals surface area (Å²) in [5.41, 5.74) is 1.24. The van der Waals surface area contributed by atoms with Crippen LogP contribution in [0, 0.1) is 5.92 Å². The molecule has 2 saturated carbocycles. The van der Waals surface area contributed by atoms with E-state index in [0.29, 0.717) is 37.4 Å². The Morgan fingerprint density at radius 2 is 1.83 bits per heavy atom. The summed E-state index contributed by atoms with van der Waals surface area (Å²) in [6, 6.07) is 3.64. The Kier molecular flexibility index (Phi) is 4.79. The lowest BCUT2D eigenvalue weighted by Crippen LogP contribution is -2.41. The van der Waals surface area contributed by atoms with Crippen LogP contribution in [0.15, 0.2) is 18.3 Å². The number of carboxylic acid groups (broad SMARTS) is 1. The maximum atomic E-state index is 12.0. The molecule has 6 nitrogen and oxygen atoms in total. The SMILES string of the molecule is O=C(Nc1ccc(C2CCC2)cn1)NC1CCC(C(=O)O)CC1. The number of nitrogens with one attached hydrogen (secondary N) is 2. The molecule has 0 radical (unpaired) electrons. The number of anilines is 1. The Hall–Kier alpha value is -2.11. The van der Waals surface area contributed by atoms with Crippen molar-refractivity contribution in [1.82, 2.24) is 10.3 Å².